The predicted molar refractivity (Wildman–Crippen MR) is 108 cm³/mol. The molecule has 0 aliphatic heterocycles. The fourth-order valence-electron chi connectivity index (χ4n) is 3.59. The standard InChI is InChI=1S/C24H25NO/c1-3-8-19(9-4-1)18-26-24-13-7-10-21(16-24)22-14-20(15-22)17-25-23-11-5-2-6-12-23/h1-13,16,20,22,25H,14-15,17-18H2. The normalized spacial score (nSPS) is 18.8. The van der Waals surface area contributed by atoms with Crippen LogP contribution in [-0.2, 0) is 6.61 Å². The Hall–Kier alpha value is -2.74. The molecule has 0 spiro atoms. The Morgan fingerprint density at radius 2 is 1.54 bits per heavy atom. The van der Waals surface area contributed by atoms with E-state index in [2.05, 4.69) is 72.0 Å². The fourth-order valence-corrected chi connectivity index (χ4v) is 3.59. The molecule has 1 saturated carbocycles. The minimum Gasteiger partial charge on any atom is -0.489 e. The summed E-state index contributed by atoms with van der Waals surface area (Å²) in [4.78, 5) is 0. The summed E-state index contributed by atoms with van der Waals surface area (Å²) in [5.41, 5.74) is 3.83. The molecule has 0 unspecified atom stereocenters. The third-order valence-electron chi connectivity index (χ3n) is 5.18. The second-order valence-corrected chi connectivity index (χ2v) is 7.13. The van der Waals surface area contributed by atoms with Crippen LogP contribution in [0.2, 0.25) is 0 Å². The molecule has 0 atom stereocenters. The molecule has 132 valence electrons. The third kappa shape index (κ3) is 4.26. The number of hydrogen-bond acceptors (Lipinski definition) is 2. The molecule has 4 rings (SSSR count). The minimum atomic E-state index is 0.624. The molecule has 1 fully saturated rings. The van der Waals surface area contributed by atoms with Crippen LogP contribution < -0.4 is 10.1 Å². The van der Waals surface area contributed by atoms with Gasteiger partial charge in [-0.1, -0.05) is 60.7 Å². The van der Waals surface area contributed by atoms with E-state index in [9.17, 15) is 0 Å². The molecule has 0 radical (unpaired) electrons. The maximum Gasteiger partial charge on any atom is 0.120 e. The van der Waals surface area contributed by atoms with Gasteiger partial charge in [-0.2, -0.15) is 0 Å². The van der Waals surface area contributed by atoms with Gasteiger partial charge in [0, 0.05) is 12.2 Å². The van der Waals surface area contributed by atoms with Crippen molar-refractivity contribution in [2.24, 2.45) is 5.92 Å². The molecular weight excluding hydrogens is 318 g/mol. The van der Waals surface area contributed by atoms with Gasteiger partial charge in [0.2, 0.25) is 0 Å². The Kier molecular flexibility index (Phi) is 5.20. The van der Waals surface area contributed by atoms with Crippen LogP contribution in [0.4, 0.5) is 5.69 Å². The van der Waals surface area contributed by atoms with E-state index in [1.165, 1.54) is 29.7 Å². The second-order valence-electron chi connectivity index (χ2n) is 7.13. The van der Waals surface area contributed by atoms with E-state index in [1.807, 2.05) is 18.2 Å². The zero-order valence-corrected chi connectivity index (χ0v) is 15.0. The number of nitrogens with one attached hydrogen (secondary N) is 1. The molecule has 3 aromatic carbocycles. The Labute approximate surface area is 155 Å². The van der Waals surface area contributed by atoms with Crippen molar-refractivity contribution in [3.05, 3.63) is 96.1 Å². The highest BCUT2D eigenvalue weighted by molar-refractivity contribution is 5.42. The molecule has 2 heteroatoms. The molecule has 26 heavy (non-hydrogen) atoms. The van der Waals surface area contributed by atoms with Crippen LogP contribution in [0.3, 0.4) is 0 Å². The zero-order valence-electron chi connectivity index (χ0n) is 15.0. The highest BCUT2D eigenvalue weighted by Gasteiger charge is 2.30. The van der Waals surface area contributed by atoms with Crippen LogP contribution in [0.1, 0.15) is 29.9 Å². The number of benzene rings is 3. The smallest absolute Gasteiger partial charge is 0.120 e. The summed E-state index contributed by atoms with van der Waals surface area (Å²) in [6.07, 6.45) is 2.50. The van der Waals surface area contributed by atoms with Gasteiger partial charge >= 0.3 is 0 Å². The van der Waals surface area contributed by atoms with Crippen molar-refractivity contribution in [3.63, 3.8) is 0 Å². The first-order valence-corrected chi connectivity index (χ1v) is 9.42. The van der Waals surface area contributed by atoms with Crippen molar-refractivity contribution in [1.29, 1.82) is 0 Å². The van der Waals surface area contributed by atoms with Gasteiger partial charge < -0.3 is 10.1 Å². The molecular formula is C24H25NO. The average molecular weight is 343 g/mol. The van der Waals surface area contributed by atoms with Crippen molar-refractivity contribution in [1.82, 2.24) is 0 Å². The average Bonchev–Trinajstić information content (AvgIpc) is 2.67. The molecule has 0 saturated heterocycles. The van der Waals surface area contributed by atoms with E-state index in [0.717, 1.165) is 18.2 Å². The summed E-state index contributed by atoms with van der Waals surface area (Å²) in [7, 11) is 0. The van der Waals surface area contributed by atoms with E-state index in [0.29, 0.717) is 12.5 Å². The molecule has 1 N–H and O–H groups in total. The first-order valence-electron chi connectivity index (χ1n) is 9.42. The van der Waals surface area contributed by atoms with E-state index in [1.54, 1.807) is 0 Å². The Morgan fingerprint density at radius 3 is 2.31 bits per heavy atom. The Bertz CT molecular complexity index is 810. The summed E-state index contributed by atoms with van der Waals surface area (Å²) in [6, 6.07) is 29.4. The van der Waals surface area contributed by atoms with Gasteiger partial charge in [0.15, 0.2) is 0 Å². The minimum absolute atomic E-state index is 0.624. The van der Waals surface area contributed by atoms with Crippen molar-refractivity contribution < 1.29 is 4.74 Å². The van der Waals surface area contributed by atoms with Gasteiger partial charge in [-0.25, -0.2) is 0 Å². The molecule has 0 amide bonds. The number of hydrogen-bond donors (Lipinski definition) is 1. The Morgan fingerprint density at radius 1 is 0.808 bits per heavy atom. The monoisotopic (exact) mass is 343 g/mol. The summed E-state index contributed by atoms with van der Waals surface area (Å²) in [5.74, 6) is 2.39. The first kappa shape index (κ1) is 16.7. The van der Waals surface area contributed by atoms with E-state index in [-0.39, 0.29) is 0 Å². The molecule has 0 heterocycles. The SMILES string of the molecule is c1ccc(COc2cccc(C3CC(CNc4ccccc4)C3)c2)cc1. The van der Waals surface area contributed by atoms with Crippen molar-refractivity contribution in [2.75, 3.05) is 11.9 Å². The summed E-state index contributed by atoms with van der Waals surface area (Å²) in [5, 5.41) is 3.54. The van der Waals surface area contributed by atoms with Crippen molar-refractivity contribution >= 4 is 5.69 Å². The Balaban J connectivity index is 1.27. The van der Waals surface area contributed by atoms with Crippen LogP contribution in [0.15, 0.2) is 84.9 Å². The second kappa shape index (κ2) is 8.09. The van der Waals surface area contributed by atoms with E-state index in [4.69, 9.17) is 4.74 Å². The highest BCUT2D eigenvalue weighted by Crippen LogP contribution is 2.42. The van der Waals surface area contributed by atoms with Crippen LogP contribution in [0.25, 0.3) is 0 Å². The van der Waals surface area contributed by atoms with Gasteiger partial charge in [0.1, 0.15) is 12.4 Å². The largest absolute Gasteiger partial charge is 0.489 e. The molecule has 1 aliphatic rings. The predicted octanol–water partition coefficient (Wildman–Crippen LogP) is 5.87. The lowest BCUT2D eigenvalue weighted by atomic mass is 9.71. The summed E-state index contributed by atoms with van der Waals surface area (Å²) in [6.45, 7) is 1.68. The number of para-hydroxylation sites is 1. The van der Waals surface area contributed by atoms with E-state index < -0.39 is 0 Å². The van der Waals surface area contributed by atoms with Gasteiger partial charge in [-0.3, -0.25) is 0 Å². The number of anilines is 1. The van der Waals surface area contributed by atoms with Crippen LogP contribution >= 0.6 is 0 Å². The van der Waals surface area contributed by atoms with Gasteiger partial charge in [0.05, 0.1) is 0 Å². The maximum atomic E-state index is 5.97. The topological polar surface area (TPSA) is 21.3 Å². The molecule has 2 nitrogen and oxygen atoms in total. The maximum absolute atomic E-state index is 5.97. The molecule has 0 bridgehead atoms. The summed E-state index contributed by atoms with van der Waals surface area (Å²) < 4.78 is 5.97. The number of rotatable bonds is 7. The lowest BCUT2D eigenvalue weighted by Crippen LogP contribution is -2.28. The van der Waals surface area contributed by atoms with E-state index >= 15 is 0 Å². The first-order chi connectivity index (χ1) is 12.9. The summed E-state index contributed by atoms with van der Waals surface area (Å²) >= 11 is 0. The molecule has 3 aromatic rings. The van der Waals surface area contributed by atoms with Gasteiger partial charge in [-0.15, -0.1) is 0 Å². The van der Waals surface area contributed by atoms with Crippen molar-refractivity contribution in [3.8, 4) is 5.75 Å². The lowest BCUT2D eigenvalue weighted by Gasteiger charge is -2.36. The third-order valence-corrected chi connectivity index (χ3v) is 5.18. The van der Waals surface area contributed by atoms with Crippen LogP contribution in [0, 0.1) is 5.92 Å². The molecule has 1 aliphatic carbocycles. The molecule has 0 aromatic heterocycles. The van der Waals surface area contributed by atoms with Crippen LogP contribution in [0.5, 0.6) is 5.75 Å². The van der Waals surface area contributed by atoms with Crippen molar-refractivity contribution in [2.45, 2.75) is 25.4 Å². The van der Waals surface area contributed by atoms with Gasteiger partial charge in [-0.05, 0) is 60.1 Å². The fraction of sp³-hybridized carbons (Fsp3) is 0.250. The highest BCUT2D eigenvalue weighted by atomic mass is 16.5. The van der Waals surface area contributed by atoms with Crippen LogP contribution in [-0.4, -0.2) is 6.54 Å². The quantitative estimate of drug-likeness (QED) is 0.579. The zero-order chi connectivity index (χ0) is 17.6. The number of ether oxygens (including phenoxy) is 1. The lowest BCUT2D eigenvalue weighted by molar-refractivity contribution is 0.275. The van der Waals surface area contributed by atoms with Gasteiger partial charge in [0.25, 0.3) is 0 Å².